The Balaban J connectivity index is 2.86. The second kappa shape index (κ2) is 5.10. The minimum absolute atomic E-state index is 0.250. The molecule has 0 unspecified atom stereocenters. The first-order chi connectivity index (χ1) is 7.48. The van der Waals surface area contributed by atoms with Crippen LogP contribution in [0.1, 0.15) is 20.8 Å². The van der Waals surface area contributed by atoms with Gasteiger partial charge in [0, 0.05) is 24.2 Å². The standard InChI is InChI=1S/C13H18FNO/c1-4-15(9-13(2,3)10-16)12-7-5-6-11(14)8-12/h5-8,10H,4,9H2,1-3H3. The third-order valence-electron chi connectivity index (χ3n) is 2.47. The van der Waals surface area contributed by atoms with Gasteiger partial charge in [0.25, 0.3) is 0 Å². The Morgan fingerprint density at radius 3 is 2.62 bits per heavy atom. The number of carbonyl (C=O) groups is 1. The lowest BCUT2D eigenvalue weighted by Crippen LogP contribution is -2.35. The van der Waals surface area contributed by atoms with Gasteiger partial charge in [-0.15, -0.1) is 0 Å². The fourth-order valence-electron chi connectivity index (χ4n) is 1.59. The molecular formula is C13H18FNO. The lowest BCUT2D eigenvalue weighted by molar-refractivity contribution is -0.114. The molecule has 3 heteroatoms. The van der Waals surface area contributed by atoms with E-state index in [2.05, 4.69) is 0 Å². The van der Waals surface area contributed by atoms with Crippen molar-refractivity contribution in [1.29, 1.82) is 0 Å². The van der Waals surface area contributed by atoms with Crippen molar-refractivity contribution >= 4 is 12.0 Å². The third-order valence-corrected chi connectivity index (χ3v) is 2.47. The average molecular weight is 223 g/mol. The first-order valence-corrected chi connectivity index (χ1v) is 5.45. The summed E-state index contributed by atoms with van der Waals surface area (Å²) in [5, 5.41) is 0. The van der Waals surface area contributed by atoms with E-state index >= 15 is 0 Å². The number of nitrogens with zero attached hydrogens (tertiary/aromatic N) is 1. The van der Waals surface area contributed by atoms with Gasteiger partial charge in [-0.25, -0.2) is 4.39 Å². The molecule has 0 bridgehead atoms. The van der Waals surface area contributed by atoms with Crippen LogP contribution in [0.15, 0.2) is 24.3 Å². The molecule has 1 rings (SSSR count). The summed E-state index contributed by atoms with van der Waals surface area (Å²) in [6.07, 6.45) is 0.939. The van der Waals surface area contributed by atoms with Gasteiger partial charge in [-0.1, -0.05) is 19.9 Å². The van der Waals surface area contributed by atoms with E-state index in [4.69, 9.17) is 0 Å². The fourth-order valence-corrected chi connectivity index (χ4v) is 1.59. The molecule has 0 heterocycles. The highest BCUT2D eigenvalue weighted by molar-refractivity contribution is 5.60. The number of hydrogen-bond donors (Lipinski definition) is 0. The molecule has 2 nitrogen and oxygen atoms in total. The molecule has 0 aromatic heterocycles. The molecule has 88 valence electrons. The SMILES string of the molecule is CCN(CC(C)(C)C=O)c1cccc(F)c1. The predicted octanol–water partition coefficient (Wildman–Crippen LogP) is 2.88. The molecule has 0 radical (unpaired) electrons. The normalized spacial score (nSPS) is 11.2. The van der Waals surface area contributed by atoms with Crippen LogP contribution in [0.4, 0.5) is 10.1 Å². The van der Waals surface area contributed by atoms with E-state index in [1.807, 2.05) is 31.7 Å². The van der Waals surface area contributed by atoms with Gasteiger partial charge in [0.15, 0.2) is 0 Å². The van der Waals surface area contributed by atoms with Gasteiger partial charge in [0.2, 0.25) is 0 Å². The quantitative estimate of drug-likeness (QED) is 0.715. The van der Waals surface area contributed by atoms with Crippen LogP contribution in [0.25, 0.3) is 0 Å². The van der Waals surface area contributed by atoms with E-state index in [0.717, 1.165) is 18.5 Å². The Bertz CT molecular complexity index is 363. The highest BCUT2D eigenvalue weighted by Crippen LogP contribution is 2.21. The molecule has 0 N–H and O–H groups in total. The number of rotatable bonds is 5. The second-order valence-electron chi connectivity index (χ2n) is 4.60. The molecule has 1 aromatic carbocycles. The molecule has 0 saturated carbocycles. The van der Waals surface area contributed by atoms with Gasteiger partial charge in [-0.3, -0.25) is 0 Å². The monoisotopic (exact) mass is 223 g/mol. The van der Waals surface area contributed by atoms with Crippen LogP contribution >= 0.6 is 0 Å². The Morgan fingerprint density at radius 1 is 1.44 bits per heavy atom. The highest BCUT2D eigenvalue weighted by atomic mass is 19.1. The number of halogens is 1. The van der Waals surface area contributed by atoms with Gasteiger partial charge < -0.3 is 9.69 Å². The fraction of sp³-hybridized carbons (Fsp3) is 0.462. The minimum atomic E-state index is -0.414. The maximum atomic E-state index is 13.1. The molecule has 0 aliphatic carbocycles. The van der Waals surface area contributed by atoms with Crippen molar-refractivity contribution in [3.05, 3.63) is 30.1 Å². The summed E-state index contributed by atoms with van der Waals surface area (Å²) in [5.41, 5.74) is 0.403. The summed E-state index contributed by atoms with van der Waals surface area (Å²) in [6.45, 7) is 7.09. The van der Waals surface area contributed by atoms with E-state index < -0.39 is 5.41 Å². The van der Waals surface area contributed by atoms with Gasteiger partial charge in [0.1, 0.15) is 12.1 Å². The number of hydrogen-bond acceptors (Lipinski definition) is 2. The molecular weight excluding hydrogens is 205 g/mol. The average Bonchev–Trinajstić information content (AvgIpc) is 2.26. The van der Waals surface area contributed by atoms with Crippen molar-refractivity contribution in [2.45, 2.75) is 20.8 Å². The van der Waals surface area contributed by atoms with Crippen molar-refractivity contribution in [1.82, 2.24) is 0 Å². The van der Waals surface area contributed by atoms with Crippen LogP contribution in [0.5, 0.6) is 0 Å². The van der Waals surface area contributed by atoms with Crippen molar-refractivity contribution in [2.75, 3.05) is 18.0 Å². The zero-order valence-corrected chi connectivity index (χ0v) is 10.0. The second-order valence-corrected chi connectivity index (χ2v) is 4.60. The first kappa shape index (κ1) is 12.7. The molecule has 0 fully saturated rings. The summed E-state index contributed by atoms with van der Waals surface area (Å²) in [5.74, 6) is -0.250. The van der Waals surface area contributed by atoms with E-state index in [0.29, 0.717) is 6.54 Å². The third kappa shape index (κ3) is 3.33. The molecule has 0 atom stereocenters. The summed E-state index contributed by atoms with van der Waals surface area (Å²) < 4.78 is 13.1. The molecule has 0 spiro atoms. The van der Waals surface area contributed by atoms with Crippen molar-refractivity contribution in [3.8, 4) is 0 Å². The summed E-state index contributed by atoms with van der Waals surface area (Å²) in [7, 11) is 0. The maximum Gasteiger partial charge on any atom is 0.127 e. The van der Waals surface area contributed by atoms with E-state index in [9.17, 15) is 9.18 Å². The molecule has 0 amide bonds. The Kier molecular flexibility index (Phi) is 4.05. The molecule has 0 aliphatic rings. The lowest BCUT2D eigenvalue weighted by atomic mass is 9.95. The molecule has 1 aromatic rings. The zero-order chi connectivity index (χ0) is 12.2. The zero-order valence-electron chi connectivity index (χ0n) is 10.0. The molecule has 0 aliphatic heterocycles. The Hall–Kier alpha value is -1.38. The van der Waals surface area contributed by atoms with E-state index in [1.54, 1.807) is 6.07 Å². The van der Waals surface area contributed by atoms with Crippen LogP contribution in [-0.4, -0.2) is 19.4 Å². The maximum absolute atomic E-state index is 13.1. The topological polar surface area (TPSA) is 20.3 Å². The van der Waals surface area contributed by atoms with Crippen molar-refractivity contribution in [2.24, 2.45) is 5.41 Å². The van der Waals surface area contributed by atoms with E-state index in [1.165, 1.54) is 12.1 Å². The molecule has 0 saturated heterocycles. The summed E-state index contributed by atoms with van der Waals surface area (Å²) >= 11 is 0. The predicted molar refractivity (Wildman–Crippen MR) is 64.1 cm³/mol. The number of anilines is 1. The lowest BCUT2D eigenvalue weighted by Gasteiger charge is -2.29. The minimum Gasteiger partial charge on any atom is -0.371 e. The van der Waals surface area contributed by atoms with Crippen molar-refractivity contribution in [3.63, 3.8) is 0 Å². The van der Waals surface area contributed by atoms with Gasteiger partial charge in [-0.05, 0) is 25.1 Å². The number of benzene rings is 1. The van der Waals surface area contributed by atoms with Crippen LogP contribution in [0, 0.1) is 11.2 Å². The van der Waals surface area contributed by atoms with Crippen molar-refractivity contribution < 1.29 is 9.18 Å². The summed E-state index contributed by atoms with van der Waals surface area (Å²) in [6, 6.07) is 6.45. The summed E-state index contributed by atoms with van der Waals surface area (Å²) in [4.78, 5) is 12.9. The largest absolute Gasteiger partial charge is 0.371 e. The number of carbonyl (C=O) groups excluding carboxylic acids is 1. The number of aldehydes is 1. The van der Waals surface area contributed by atoms with Gasteiger partial charge in [-0.2, -0.15) is 0 Å². The first-order valence-electron chi connectivity index (χ1n) is 5.45. The van der Waals surface area contributed by atoms with Crippen LogP contribution in [0.2, 0.25) is 0 Å². The Labute approximate surface area is 96.1 Å². The molecule has 16 heavy (non-hydrogen) atoms. The van der Waals surface area contributed by atoms with Gasteiger partial charge >= 0.3 is 0 Å². The van der Waals surface area contributed by atoms with Gasteiger partial charge in [0.05, 0.1) is 0 Å². The highest BCUT2D eigenvalue weighted by Gasteiger charge is 2.20. The smallest absolute Gasteiger partial charge is 0.127 e. The van der Waals surface area contributed by atoms with Crippen LogP contribution in [0.3, 0.4) is 0 Å². The van der Waals surface area contributed by atoms with Crippen LogP contribution < -0.4 is 4.90 Å². The van der Waals surface area contributed by atoms with E-state index in [-0.39, 0.29) is 5.82 Å². The van der Waals surface area contributed by atoms with Crippen LogP contribution in [-0.2, 0) is 4.79 Å². The Morgan fingerprint density at radius 2 is 2.12 bits per heavy atom.